The van der Waals surface area contributed by atoms with E-state index in [9.17, 15) is 18.0 Å². The molecule has 0 spiro atoms. The van der Waals surface area contributed by atoms with E-state index >= 15 is 0 Å². The average molecular weight is 509 g/mol. The standard InChI is InChI=1S/C23H19F3N2O2S3/c1-12-3-8-16-20(28-18(32-16)9-10-19(29)30)21(12)31-11-17-13(2)27-22(33-17)14-4-6-15(7-5-14)23(24,25)26/h3-8H,9-11H2,1-2H3,(H,29,30). The van der Waals surface area contributed by atoms with Crippen molar-refractivity contribution in [1.82, 2.24) is 9.97 Å². The number of carbonyl (C=O) groups is 1. The lowest BCUT2D eigenvalue weighted by atomic mass is 10.1. The monoisotopic (exact) mass is 508 g/mol. The highest BCUT2D eigenvalue weighted by Crippen LogP contribution is 2.39. The first-order chi connectivity index (χ1) is 15.6. The lowest BCUT2D eigenvalue weighted by molar-refractivity contribution is -0.138. The number of carboxylic acids is 1. The topological polar surface area (TPSA) is 63.1 Å². The van der Waals surface area contributed by atoms with E-state index < -0.39 is 17.7 Å². The van der Waals surface area contributed by atoms with E-state index in [0.29, 0.717) is 22.7 Å². The minimum absolute atomic E-state index is 0.0497. The summed E-state index contributed by atoms with van der Waals surface area (Å²) in [7, 11) is 0. The number of aromatic nitrogens is 2. The number of alkyl halides is 3. The number of fused-ring (bicyclic) bond motifs is 1. The Morgan fingerprint density at radius 2 is 1.79 bits per heavy atom. The molecule has 0 aliphatic heterocycles. The zero-order valence-corrected chi connectivity index (χ0v) is 20.1. The van der Waals surface area contributed by atoms with Crippen molar-refractivity contribution in [2.75, 3.05) is 0 Å². The molecule has 10 heteroatoms. The molecule has 2 heterocycles. The molecule has 172 valence electrons. The van der Waals surface area contributed by atoms with Crippen molar-refractivity contribution in [1.29, 1.82) is 0 Å². The van der Waals surface area contributed by atoms with Crippen molar-refractivity contribution >= 4 is 50.6 Å². The molecule has 0 amide bonds. The summed E-state index contributed by atoms with van der Waals surface area (Å²) in [6, 6.07) is 9.12. The molecule has 0 unspecified atom stereocenters. The van der Waals surface area contributed by atoms with Gasteiger partial charge in [-0.2, -0.15) is 13.2 Å². The predicted octanol–water partition coefficient (Wildman–Crippen LogP) is 7.36. The predicted molar refractivity (Wildman–Crippen MR) is 127 cm³/mol. The number of thiazole rings is 2. The first-order valence-electron chi connectivity index (χ1n) is 9.99. The molecule has 0 atom stereocenters. The van der Waals surface area contributed by atoms with Crippen molar-refractivity contribution in [3.05, 3.63) is 63.1 Å². The summed E-state index contributed by atoms with van der Waals surface area (Å²) in [6.45, 7) is 3.92. The second kappa shape index (κ2) is 9.44. The number of aliphatic carboxylic acids is 1. The summed E-state index contributed by atoms with van der Waals surface area (Å²) in [5, 5.41) is 10.4. The lowest BCUT2D eigenvalue weighted by Crippen LogP contribution is -2.03. The van der Waals surface area contributed by atoms with Crippen LogP contribution in [0, 0.1) is 13.8 Å². The van der Waals surface area contributed by atoms with E-state index in [0.717, 1.165) is 48.4 Å². The van der Waals surface area contributed by atoms with Gasteiger partial charge in [0.05, 0.1) is 32.9 Å². The Hall–Kier alpha value is -2.43. The molecule has 0 aliphatic rings. The van der Waals surface area contributed by atoms with Crippen LogP contribution in [0.5, 0.6) is 0 Å². The lowest BCUT2D eigenvalue weighted by Gasteiger charge is -2.06. The number of aryl methyl sites for hydroxylation is 3. The van der Waals surface area contributed by atoms with Crippen LogP contribution in [0.15, 0.2) is 41.3 Å². The summed E-state index contributed by atoms with van der Waals surface area (Å²) < 4.78 is 39.5. The van der Waals surface area contributed by atoms with Crippen LogP contribution in [0.2, 0.25) is 0 Å². The maximum absolute atomic E-state index is 12.8. The zero-order chi connectivity index (χ0) is 23.8. The van der Waals surface area contributed by atoms with Crippen molar-refractivity contribution < 1.29 is 23.1 Å². The van der Waals surface area contributed by atoms with Gasteiger partial charge in [0, 0.05) is 27.5 Å². The van der Waals surface area contributed by atoms with Gasteiger partial charge >= 0.3 is 12.1 Å². The SMILES string of the molecule is Cc1ccc2sc(CCC(=O)O)nc2c1SCc1sc(-c2ccc(C(F)(F)F)cc2)nc1C. The van der Waals surface area contributed by atoms with Gasteiger partial charge in [-0.25, -0.2) is 9.97 Å². The average Bonchev–Trinajstić information content (AvgIpc) is 3.34. The molecule has 2 aromatic carbocycles. The van der Waals surface area contributed by atoms with Crippen LogP contribution in [0.4, 0.5) is 13.2 Å². The molecule has 4 rings (SSSR count). The summed E-state index contributed by atoms with van der Waals surface area (Å²) in [6.07, 6.45) is -3.91. The molecule has 0 fully saturated rings. The molecular formula is C23H19F3N2O2S3. The molecule has 2 aromatic heterocycles. The largest absolute Gasteiger partial charge is 0.481 e. The highest BCUT2D eigenvalue weighted by molar-refractivity contribution is 7.99. The van der Waals surface area contributed by atoms with Crippen molar-refractivity contribution in [3.8, 4) is 10.6 Å². The van der Waals surface area contributed by atoms with Crippen LogP contribution < -0.4 is 0 Å². The minimum atomic E-state index is -4.36. The molecule has 0 radical (unpaired) electrons. The minimum Gasteiger partial charge on any atom is -0.481 e. The Balaban J connectivity index is 1.54. The number of carboxylic acid groups (broad SMARTS) is 1. The van der Waals surface area contributed by atoms with Gasteiger partial charge in [-0.05, 0) is 37.6 Å². The fourth-order valence-corrected chi connectivity index (χ4v) is 6.63. The molecule has 4 nitrogen and oxygen atoms in total. The third-order valence-electron chi connectivity index (χ3n) is 5.01. The van der Waals surface area contributed by atoms with Crippen LogP contribution in [-0.2, 0) is 23.1 Å². The summed E-state index contributed by atoms with van der Waals surface area (Å²) in [5.41, 5.74) is 2.81. The number of hydrogen-bond acceptors (Lipinski definition) is 6. The zero-order valence-electron chi connectivity index (χ0n) is 17.7. The van der Waals surface area contributed by atoms with Gasteiger partial charge in [0.15, 0.2) is 0 Å². The normalized spacial score (nSPS) is 11.9. The third kappa shape index (κ3) is 5.39. The fourth-order valence-electron chi connectivity index (χ4n) is 3.24. The molecule has 0 saturated heterocycles. The summed E-state index contributed by atoms with van der Waals surface area (Å²) in [5.74, 6) is -0.184. The molecule has 0 bridgehead atoms. The van der Waals surface area contributed by atoms with E-state index in [4.69, 9.17) is 10.1 Å². The Kier molecular flexibility index (Phi) is 6.78. The second-order valence-electron chi connectivity index (χ2n) is 7.45. The Labute approximate surface area is 200 Å². The van der Waals surface area contributed by atoms with Gasteiger partial charge in [0.1, 0.15) is 5.01 Å². The highest BCUT2D eigenvalue weighted by atomic mass is 32.2. The molecule has 1 N–H and O–H groups in total. The first-order valence-corrected chi connectivity index (χ1v) is 12.6. The van der Waals surface area contributed by atoms with Crippen molar-refractivity contribution in [2.24, 2.45) is 0 Å². The van der Waals surface area contributed by atoms with Gasteiger partial charge in [-0.1, -0.05) is 18.2 Å². The van der Waals surface area contributed by atoms with Crippen LogP contribution in [-0.4, -0.2) is 21.0 Å². The van der Waals surface area contributed by atoms with Crippen LogP contribution in [0.25, 0.3) is 20.8 Å². The number of rotatable bonds is 7. The van der Waals surface area contributed by atoms with E-state index in [1.165, 1.54) is 34.8 Å². The van der Waals surface area contributed by atoms with Gasteiger partial charge in [0.2, 0.25) is 0 Å². The van der Waals surface area contributed by atoms with E-state index in [-0.39, 0.29) is 6.42 Å². The smallest absolute Gasteiger partial charge is 0.416 e. The van der Waals surface area contributed by atoms with Crippen LogP contribution >= 0.6 is 34.4 Å². The number of hydrogen-bond donors (Lipinski definition) is 1. The summed E-state index contributed by atoms with van der Waals surface area (Å²) in [4.78, 5) is 22.2. The van der Waals surface area contributed by atoms with Gasteiger partial charge in [-0.3, -0.25) is 4.79 Å². The molecule has 33 heavy (non-hydrogen) atoms. The Morgan fingerprint density at radius 1 is 1.06 bits per heavy atom. The highest BCUT2D eigenvalue weighted by Gasteiger charge is 2.30. The fraction of sp³-hybridized carbons (Fsp3) is 0.261. The van der Waals surface area contributed by atoms with Gasteiger partial charge in [0.25, 0.3) is 0 Å². The van der Waals surface area contributed by atoms with Crippen LogP contribution in [0.1, 0.15) is 33.1 Å². The van der Waals surface area contributed by atoms with E-state index in [1.54, 1.807) is 11.8 Å². The molecule has 4 aromatic rings. The maximum Gasteiger partial charge on any atom is 0.416 e. The van der Waals surface area contributed by atoms with Crippen molar-refractivity contribution in [3.63, 3.8) is 0 Å². The van der Waals surface area contributed by atoms with Gasteiger partial charge < -0.3 is 5.11 Å². The quantitative estimate of drug-likeness (QED) is 0.264. The Morgan fingerprint density at radius 3 is 2.45 bits per heavy atom. The number of benzene rings is 2. The number of halogens is 3. The van der Waals surface area contributed by atoms with Gasteiger partial charge in [-0.15, -0.1) is 34.4 Å². The van der Waals surface area contributed by atoms with Crippen molar-refractivity contribution in [2.45, 2.75) is 43.5 Å². The Bertz CT molecular complexity index is 1310. The summed E-state index contributed by atoms with van der Waals surface area (Å²) >= 11 is 4.64. The molecule has 0 aliphatic carbocycles. The molecule has 0 saturated carbocycles. The van der Waals surface area contributed by atoms with E-state index in [2.05, 4.69) is 4.98 Å². The third-order valence-corrected chi connectivity index (χ3v) is 8.71. The first kappa shape index (κ1) is 23.7. The van der Waals surface area contributed by atoms with Crippen LogP contribution in [0.3, 0.4) is 0 Å². The molecular weight excluding hydrogens is 489 g/mol. The van der Waals surface area contributed by atoms with E-state index in [1.807, 2.05) is 26.0 Å². The number of nitrogens with zero attached hydrogens (tertiary/aromatic N) is 2. The number of thioether (sulfide) groups is 1. The second-order valence-corrected chi connectivity index (χ2v) is 10.6. The maximum atomic E-state index is 12.8.